The van der Waals surface area contributed by atoms with Crippen LogP contribution in [-0.4, -0.2) is 12.3 Å². The topological polar surface area (TPSA) is 41.1 Å². The van der Waals surface area contributed by atoms with Gasteiger partial charge in [-0.3, -0.25) is 0 Å². The van der Waals surface area contributed by atoms with E-state index in [1.807, 2.05) is 6.92 Å². The summed E-state index contributed by atoms with van der Waals surface area (Å²) in [4.78, 5) is 11.1. The fourth-order valence-electron chi connectivity index (χ4n) is 1.65. The second kappa shape index (κ2) is 4.65. The average Bonchev–Trinajstić information content (AvgIpc) is 2.08. The van der Waals surface area contributed by atoms with Crippen LogP contribution in [0.3, 0.4) is 0 Å². The van der Waals surface area contributed by atoms with Crippen LogP contribution in [0, 0.1) is 20.8 Å². The van der Waals surface area contributed by atoms with Crippen molar-refractivity contribution in [2.24, 2.45) is 0 Å². The molecule has 0 bridgehead atoms. The van der Waals surface area contributed by atoms with Gasteiger partial charge in [-0.25, -0.2) is 10.1 Å². The van der Waals surface area contributed by atoms with Gasteiger partial charge < -0.3 is 5.32 Å². The van der Waals surface area contributed by atoms with Gasteiger partial charge in [0.25, 0.3) is 0 Å². The van der Waals surface area contributed by atoms with Crippen molar-refractivity contribution in [3.63, 3.8) is 0 Å². The van der Waals surface area contributed by atoms with E-state index in [-0.39, 0.29) is 0 Å². The summed E-state index contributed by atoms with van der Waals surface area (Å²) in [5.41, 5.74) is 2.83. The standard InChI is InChI=1S/C11H13F3N2O/c1-6-4-7(2)9(8(3)5-6)15-10(17)16-11(12,13)14/h4-5H,1-3H3,(H2,15,16,17). The molecule has 0 saturated carbocycles. The lowest BCUT2D eigenvalue weighted by Gasteiger charge is -2.14. The molecule has 17 heavy (non-hydrogen) atoms. The lowest BCUT2D eigenvalue weighted by Crippen LogP contribution is -2.40. The highest BCUT2D eigenvalue weighted by atomic mass is 19.4. The van der Waals surface area contributed by atoms with E-state index in [1.165, 1.54) is 0 Å². The molecular formula is C11H13F3N2O. The molecule has 0 atom stereocenters. The number of benzene rings is 1. The number of hydrogen-bond acceptors (Lipinski definition) is 1. The number of rotatable bonds is 1. The molecule has 0 spiro atoms. The van der Waals surface area contributed by atoms with Gasteiger partial charge in [0, 0.05) is 5.69 Å². The molecule has 2 N–H and O–H groups in total. The van der Waals surface area contributed by atoms with Crippen molar-refractivity contribution in [2.75, 3.05) is 5.32 Å². The van der Waals surface area contributed by atoms with Crippen molar-refractivity contribution in [1.82, 2.24) is 5.32 Å². The van der Waals surface area contributed by atoms with Crippen molar-refractivity contribution < 1.29 is 18.0 Å². The van der Waals surface area contributed by atoms with Crippen molar-refractivity contribution in [3.8, 4) is 0 Å². The van der Waals surface area contributed by atoms with E-state index in [0.29, 0.717) is 5.69 Å². The second-order valence-corrected chi connectivity index (χ2v) is 3.85. The third kappa shape index (κ3) is 3.97. The summed E-state index contributed by atoms with van der Waals surface area (Å²) in [6, 6.07) is 2.29. The lowest BCUT2D eigenvalue weighted by atomic mass is 10.1. The summed E-state index contributed by atoms with van der Waals surface area (Å²) in [5, 5.41) is 3.08. The third-order valence-electron chi connectivity index (χ3n) is 2.17. The fraction of sp³-hybridized carbons (Fsp3) is 0.364. The molecule has 6 heteroatoms. The molecule has 0 unspecified atom stereocenters. The van der Waals surface area contributed by atoms with Crippen molar-refractivity contribution in [2.45, 2.75) is 27.1 Å². The normalized spacial score (nSPS) is 11.2. The number of urea groups is 1. The number of carbonyl (C=O) groups excluding carboxylic acids is 1. The SMILES string of the molecule is Cc1cc(C)c(NC(=O)NC(F)(F)F)c(C)c1. The first kappa shape index (κ1) is 13.3. The quantitative estimate of drug-likeness (QED) is 0.734. The van der Waals surface area contributed by atoms with Gasteiger partial charge in [-0.15, -0.1) is 0 Å². The van der Waals surface area contributed by atoms with Crippen LogP contribution in [0.1, 0.15) is 16.7 Å². The second-order valence-electron chi connectivity index (χ2n) is 3.85. The summed E-state index contributed by atoms with van der Waals surface area (Å²) < 4.78 is 35.7. The van der Waals surface area contributed by atoms with Crippen LogP contribution < -0.4 is 10.6 Å². The van der Waals surface area contributed by atoms with Gasteiger partial charge in [0.1, 0.15) is 0 Å². The molecule has 0 aromatic heterocycles. The number of nitrogens with one attached hydrogen (secondary N) is 2. The zero-order chi connectivity index (χ0) is 13.2. The summed E-state index contributed by atoms with van der Waals surface area (Å²) in [7, 11) is 0. The van der Waals surface area contributed by atoms with Gasteiger partial charge in [-0.05, 0) is 31.9 Å². The van der Waals surface area contributed by atoms with Gasteiger partial charge in [-0.1, -0.05) is 17.7 Å². The maximum atomic E-state index is 11.9. The maximum Gasteiger partial charge on any atom is 0.485 e. The minimum absolute atomic E-state index is 0.400. The van der Waals surface area contributed by atoms with E-state index in [2.05, 4.69) is 5.32 Å². The van der Waals surface area contributed by atoms with Crippen LogP contribution in [0.4, 0.5) is 23.7 Å². The van der Waals surface area contributed by atoms with Gasteiger partial charge in [0.05, 0.1) is 0 Å². The van der Waals surface area contributed by atoms with E-state index in [9.17, 15) is 18.0 Å². The predicted octanol–water partition coefficient (Wildman–Crippen LogP) is 3.25. The smallest absolute Gasteiger partial charge is 0.307 e. The van der Waals surface area contributed by atoms with Crippen LogP contribution in [0.15, 0.2) is 12.1 Å². The Labute approximate surface area is 97.0 Å². The minimum atomic E-state index is -4.73. The number of halogens is 3. The molecule has 0 aliphatic carbocycles. The molecule has 2 amide bonds. The average molecular weight is 246 g/mol. The molecule has 0 radical (unpaired) electrons. The van der Waals surface area contributed by atoms with Gasteiger partial charge in [0.15, 0.2) is 0 Å². The van der Waals surface area contributed by atoms with Crippen molar-refractivity contribution in [1.29, 1.82) is 0 Å². The molecular weight excluding hydrogens is 233 g/mol. The zero-order valence-electron chi connectivity index (χ0n) is 9.70. The number of carbonyl (C=O) groups is 1. The highest BCUT2D eigenvalue weighted by Crippen LogP contribution is 2.22. The molecule has 94 valence electrons. The van der Waals surface area contributed by atoms with E-state index >= 15 is 0 Å². The predicted molar refractivity (Wildman–Crippen MR) is 58.9 cm³/mol. The zero-order valence-corrected chi connectivity index (χ0v) is 9.70. The van der Waals surface area contributed by atoms with Gasteiger partial charge in [0.2, 0.25) is 0 Å². The summed E-state index contributed by atoms with van der Waals surface area (Å²) in [6.45, 7) is 5.33. The van der Waals surface area contributed by atoms with Crippen LogP contribution in [0.25, 0.3) is 0 Å². The lowest BCUT2D eigenvalue weighted by molar-refractivity contribution is -0.144. The number of amides is 2. The Bertz CT molecular complexity index is 418. The summed E-state index contributed by atoms with van der Waals surface area (Å²) in [5.74, 6) is 0. The van der Waals surface area contributed by atoms with Crippen molar-refractivity contribution in [3.05, 3.63) is 28.8 Å². The number of hydrogen-bond donors (Lipinski definition) is 2. The Hall–Kier alpha value is -1.72. The highest BCUT2D eigenvalue weighted by molar-refractivity contribution is 5.91. The molecule has 1 aromatic rings. The Kier molecular flexibility index (Phi) is 3.65. The Balaban J connectivity index is 2.86. The minimum Gasteiger partial charge on any atom is -0.307 e. The van der Waals surface area contributed by atoms with Crippen LogP contribution in [-0.2, 0) is 0 Å². The summed E-state index contributed by atoms with van der Waals surface area (Å²) >= 11 is 0. The van der Waals surface area contributed by atoms with E-state index in [4.69, 9.17) is 0 Å². The maximum absolute atomic E-state index is 11.9. The molecule has 1 rings (SSSR count). The monoisotopic (exact) mass is 246 g/mol. The summed E-state index contributed by atoms with van der Waals surface area (Å²) in [6.07, 6.45) is -4.73. The Morgan fingerprint density at radius 2 is 1.59 bits per heavy atom. The van der Waals surface area contributed by atoms with E-state index in [1.54, 1.807) is 26.0 Å². The first-order valence-corrected chi connectivity index (χ1v) is 4.93. The van der Waals surface area contributed by atoms with Crippen LogP contribution >= 0.6 is 0 Å². The molecule has 0 fully saturated rings. The van der Waals surface area contributed by atoms with Gasteiger partial charge >= 0.3 is 12.3 Å². The Morgan fingerprint density at radius 3 is 2.00 bits per heavy atom. The van der Waals surface area contributed by atoms with Crippen LogP contribution in [0.2, 0.25) is 0 Å². The molecule has 3 nitrogen and oxygen atoms in total. The molecule has 1 aromatic carbocycles. The van der Waals surface area contributed by atoms with Crippen molar-refractivity contribution >= 4 is 11.7 Å². The molecule has 0 aliphatic heterocycles. The third-order valence-corrected chi connectivity index (χ3v) is 2.17. The Morgan fingerprint density at radius 1 is 1.12 bits per heavy atom. The molecule has 0 heterocycles. The number of anilines is 1. The fourth-order valence-corrected chi connectivity index (χ4v) is 1.65. The molecule has 0 aliphatic rings. The first-order chi connectivity index (χ1) is 7.69. The van der Waals surface area contributed by atoms with Gasteiger partial charge in [-0.2, -0.15) is 13.2 Å². The van der Waals surface area contributed by atoms with E-state index in [0.717, 1.165) is 22.0 Å². The largest absolute Gasteiger partial charge is 0.485 e. The molecule has 0 saturated heterocycles. The van der Waals surface area contributed by atoms with Crippen LogP contribution in [0.5, 0.6) is 0 Å². The first-order valence-electron chi connectivity index (χ1n) is 4.93. The number of alkyl halides is 3. The van der Waals surface area contributed by atoms with E-state index < -0.39 is 12.3 Å². The highest BCUT2D eigenvalue weighted by Gasteiger charge is 2.30. The number of aryl methyl sites for hydroxylation is 3.